The van der Waals surface area contributed by atoms with Crippen molar-refractivity contribution in [2.45, 2.75) is 6.54 Å². The number of rotatable bonds is 9. The number of nitrogens with zero attached hydrogens (tertiary/aromatic N) is 1. The molecule has 1 amide bonds. The van der Waals surface area contributed by atoms with Crippen LogP contribution < -0.4 is 20.1 Å². The summed E-state index contributed by atoms with van der Waals surface area (Å²) in [6.45, 7) is 1.40. The van der Waals surface area contributed by atoms with E-state index < -0.39 is 0 Å². The molecule has 0 spiro atoms. The number of anilines is 1. The minimum atomic E-state index is -0.155. The van der Waals surface area contributed by atoms with E-state index in [1.807, 2.05) is 78.9 Å². The number of carbonyl (C=O) groups is 1. The smallest absolute Gasteiger partial charge is 0.242 e. The molecule has 3 aromatic rings. The Morgan fingerprint density at radius 3 is 2.00 bits per heavy atom. The van der Waals surface area contributed by atoms with Gasteiger partial charge in [-0.1, -0.05) is 30.3 Å². The molecule has 0 saturated carbocycles. The van der Waals surface area contributed by atoms with E-state index >= 15 is 0 Å². The summed E-state index contributed by atoms with van der Waals surface area (Å²) >= 11 is 5.81. The molecule has 3 aromatic carbocycles. The van der Waals surface area contributed by atoms with Crippen LogP contribution in [0.1, 0.15) is 5.56 Å². The SMILES string of the molecule is Cl.NCCOc1ccc(Oc2ccc(N(Cc3ccccc3)C(=O)CCl)cc2)cc1. The standard InChI is InChI=1S/C23H23ClN2O3.ClH/c24-16-23(27)26(17-18-4-2-1-3-5-18)19-6-8-21(9-7-19)29-22-12-10-20(11-13-22)28-15-14-25;/h1-13H,14-17,25H2;1H. The van der Waals surface area contributed by atoms with Gasteiger partial charge in [0.1, 0.15) is 29.7 Å². The molecule has 0 atom stereocenters. The van der Waals surface area contributed by atoms with Crippen molar-refractivity contribution < 1.29 is 14.3 Å². The molecule has 0 aliphatic carbocycles. The Morgan fingerprint density at radius 1 is 0.867 bits per heavy atom. The largest absolute Gasteiger partial charge is 0.492 e. The molecule has 2 N–H and O–H groups in total. The molecular formula is C23H24Cl2N2O3. The van der Waals surface area contributed by atoms with Crippen molar-refractivity contribution in [1.29, 1.82) is 0 Å². The topological polar surface area (TPSA) is 64.8 Å². The highest BCUT2D eigenvalue weighted by molar-refractivity contribution is 6.29. The zero-order valence-electron chi connectivity index (χ0n) is 16.4. The zero-order chi connectivity index (χ0) is 20.5. The first-order valence-electron chi connectivity index (χ1n) is 9.30. The number of alkyl halides is 1. The normalized spacial score (nSPS) is 10.1. The Bertz CT molecular complexity index is 904. The molecule has 158 valence electrons. The van der Waals surface area contributed by atoms with Crippen LogP contribution in [0, 0.1) is 0 Å². The number of hydrogen-bond donors (Lipinski definition) is 1. The van der Waals surface area contributed by atoms with Crippen LogP contribution in [0.15, 0.2) is 78.9 Å². The molecule has 3 rings (SSSR count). The van der Waals surface area contributed by atoms with Gasteiger partial charge in [-0.15, -0.1) is 24.0 Å². The maximum absolute atomic E-state index is 12.3. The van der Waals surface area contributed by atoms with Crippen molar-refractivity contribution in [3.8, 4) is 17.2 Å². The van der Waals surface area contributed by atoms with Crippen LogP contribution in [0.4, 0.5) is 5.69 Å². The number of benzene rings is 3. The van der Waals surface area contributed by atoms with Crippen molar-refractivity contribution in [1.82, 2.24) is 0 Å². The molecule has 0 unspecified atom stereocenters. The lowest BCUT2D eigenvalue weighted by Gasteiger charge is -2.22. The number of nitrogens with two attached hydrogens (primary N) is 1. The number of amides is 1. The summed E-state index contributed by atoms with van der Waals surface area (Å²) in [7, 11) is 0. The number of carbonyl (C=O) groups excluding carboxylic acids is 1. The third kappa shape index (κ3) is 6.66. The summed E-state index contributed by atoms with van der Waals surface area (Å²) < 4.78 is 11.3. The lowest BCUT2D eigenvalue weighted by molar-refractivity contribution is -0.116. The van der Waals surface area contributed by atoms with Gasteiger partial charge in [-0.3, -0.25) is 4.79 Å². The highest BCUT2D eigenvalue weighted by Gasteiger charge is 2.15. The highest BCUT2D eigenvalue weighted by Crippen LogP contribution is 2.27. The molecule has 0 aromatic heterocycles. The number of halogens is 2. The summed E-state index contributed by atoms with van der Waals surface area (Å²) in [6.07, 6.45) is 0. The second-order valence-corrected chi connectivity index (χ2v) is 6.57. The first-order chi connectivity index (χ1) is 14.2. The monoisotopic (exact) mass is 446 g/mol. The summed E-state index contributed by atoms with van der Waals surface area (Å²) in [6, 6.07) is 24.5. The Balaban J connectivity index is 0.00000320. The minimum absolute atomic E-state index is 0. The van der Waals surface area contributed by atoms with Crippen LogP contribution in [0.5, 0.6) is 17.2 Å². The first kappa shape index (κ1) is 23.5. The fraction of sp³-hybridized carbons (Fsp3) is 0.174. The molecular weight excluding hydrogens is 423 g/mol. The maximum atomic E-state index is 12.3. The fourth-order valence-electron chi connectivity index (χ4n) is 2.77. The lowest BCUT2D eigenvalue weighted by Crippen LogP contribution is -2.31. The fourth-order valence-corrected chi connectivity index (χ4v) is 2.92. The Kier molecular flexibility index (Phi) is 9.48. The second-order valence-electron chi connectivity index (χ2n) is 6.30. The zero-order valence-corrected chi connectivity index (χ0v) is 17.9. The molecule has 0 heterocycles. The Labute approximate surface area is 187 Å². The molecule has 0 saturated heterocycles. The molecule has 0 aliphatic heterocycles. The number of hydrogen-bond acceptors (Lipinski definition) is 4. The summed E-state index contributed by atoms with van der Waals surface area (Å²) in [5, 5.41) is 0. The Morgan fingerprint density at radius 2 is 1.43 bits per heavy atom. The van der Waals surface area contributed by atoms with E-state index in [9.17, 15) is 4.79 Å². The molecule has 7 heteroatoms. The summed E-state index contributed by atoms with van der Waals surface area (Å²) in [5.74, 6) is 1.87. The van der Waals surface area contributed by atoms with Gasteiger partial charge in [0, 0.05) is 12.2 Å². The van der Waals surface area contributed by atoms with Crippen molar-refractivity contribution in [3.05, 3.63) is 84.4 Å². The minimum Gasteiger partial charge on any atom is -0.492 e. The van der Waals surface area contributed by atoms with Crippen LogP contribution in [-0.2, 0) is 11.3 Å². The van der Waals surface area contributed by atoms with E-state index in [0.29, 0.717) is 31.2 Å². The van der Waals surface area contributed by atoms with Gasteiger partial charge in [0.05, 0.1) is 6.54 Å². The van der Waals surface area contributed by atoms with Gasteiger partial charge in [-0.25, -0.2) is 0 Å². The van der Waals surface area contributed by atoms with Crippen LogP contribution >= 0.6 is 24.0 Å². The number of ether oxygens (including phenoxy) is 2. The van der Waals surface area contributed by atoms with Crippen molar-refractivity contribution in [2.24, 2.45) is 5.73 Å². The van der Waals surface area contributed by atoms with Crippen LogP contribution in [-0.4, -0.2) is 24.9 Å². The van der Waals surface area contributed by atoms with Gasteiger partial charge in [0.2, 0.25) is 5.91 Å². The van der Waals surface area contributed by atoms with E-state index in [1.54, 1.807) is 4.90 Å². The van der Waals surface area contributed by atoms with Gasteiger partial charge in [0.15, 0.2) is 0 Å². The summed E-state index contributed by atoms with van der Waals surface area (Å²) in [4.78, 5) is 14.0. The van der Waals surface area contributed by atoms with Gasteiger partial charge in [-0.2, -0.15) is 0 Å². The first-order valence-corrected chi connectivity index (χ1v) is 9.84. The predicted molar refractivity (Wildman–Crippen MR) is 123 cm³/mol. The van der Waals surface area contributed by atoms with Crippen LogP contribution in [0.3, 0.4) is 0 Å². The average molecular weight is 447 g/mol. The van der Waals surface area contributed by atoms with E-state index in [0.717, 1.165) is 17.0 Å². The highest BCUT2D eigenvalue weighted by atomic mass is 35.5. The van der Waals surface area contributed by atoms with Gasteiger partial charge in [-0.05, 0) is 54.1 Å². The van der Waals surface area contributed by atoms with E-state index in [-0.39, 0.29) is 24.2 Å². The van der Waals surface area contributed by atoms with E-state index in [2.05, 4.69) is 0 Å². The van der Waals surface area contributed by atoms with Crippen molar-refractivity contribution >= 4 is 35.6 Å². The van der Waals surface area contributed by atoms with Crippen molar-refractivity contribution in [2.75, 3.05) is 23.9 Å². The molecule has 0 radical (unpaired) electrons. The third-order valence-corrected chi connectivity index (χ3v) is 4.42. The van der Waals surface area contributed by atoms with Crippen LogP contribution in [0.25, 0.3) is 0 Å². The van der Waals surface area contributed by atoms with Crippen LogP contribution in [0.2, 0.25) is 0 Å². The second kappa shape index (κ2) is 12.1. The van der Waals surface area contributed by atoms with Gasteiger partial charge in [0.25, 0.3) is 0 Å². The average Bonchev–Trinajstić information content (AvgIpc) is 2.78. The molecule has 0 fully saturated rings. The Hall–Kier alpha value is -2.73. The van der Waals surface area contributed by atoms with E-state index in [1.165, 1.54) is 0 Å². The van der Waals surface area contributed by atoms with Crippen molar-refractivity contribution in [3.63, 3.8) is 0 Å². The maximum Gasteiger partial charge on any atom is 0.242 e. The lowest BCUT2D eigenvalue weighted by atomic mass is 10.2. The van der Waals surface area contributed by atoms with Gasteiger partial charge >= 0.3 is 0 Å². The summed E-state index contributed by atoms with van der Waals surface area (Å²) in [5.41, 5.74) is 7.22. The quantitative estimate of drug-likeness (QED) is 0.469. The van der Waals surface area contributed by atoms with E-state index in [4.69, 9.17) is 26.8 Å². The predicted octanol–water partition coefficient (Wildman–Crippen LogP) is 5.01. The molecule has 0 aliphatic rings. The third-order valence-electron chi connectivity index (χ3n) is 4.19. The molecule has 0 bridgehead atoms. The molecule has 5 nitrogen and oxygen atoms in total. The van der Waals surface area contributed by atoms with Gasteiger partial charge < -0.3 is 20.1 Å². The molecule has 30 heavy (non-hydrogen) atoms.